The van der Waals surface area contributed by atoms with Crippen LogP contribution in [0.3, 0.4) is 0 Å². The molecule has 0 unspecified atom stereocenters. The summed E-state index contributed by atoms with van der Waals surface area (Å²) in [5, 5.41) is 0. The maximum atomic E-state index is 4.64. The van der Waals surface area contributed by atoms with Crippen LogP contribution in [-0.2, 0) is 19.4 Å². The summed E-state index contributed by atoms with van der Waals surface area (Å²) in [5.74, 6) is 8.17. The van der Waals surface area contributed by atoms with Crippen LogP contribution >= 0.6 is 9.30 Å². The summed E-state index contributed by atoms with van der Waals surface area (Å²) in [7, 11) is 4.64. The van der Waals surface area contributed by atoms with E-state index < -0.39 is 0 Å². The molecule has 16 heavy (non-hydrogen) atoms. The van der Waals surface area contributed by atoms with Gasteiger partial charge in [0.05, 0.1) is 14.1 Å². The first-order valence-corrected chi connectivity index (χ1v) is 10.4. The summed E-state index contributed by atoms with van der Waals surface area (Å²) < 4.78 is 0. The molecule has 0 heterocycles. The molecule has 0 saturated heterocycles. The van der Waals surface area contributed by atoms with Gasteiger partial charge in [-0.1, -0.05) is 0 Å². The second kappa shape index (κ2) is 18.9. The van der Waals surface area contributed by atoms with Crippen LogP contribution in [0.1, 0.15) is 0 Å². The third-order valence-electron chi connectivity index (χ3n) is 1.11. The van der Waals surface area contributed by atoms with Crippen LogP contribution < -0.4 is 0 Å². The molecule has 0 bridgehead atoms. The summed E-state index contributed by atoms with van der Waals surface area (Å²) in [4.78, 5) is 0. The van der Waals surface area contributed by atoms with Crippen molar-refractivity contribution in [1.29, 1.82) is 0 Å². The Balaban J connectivity index is 0. The van der Waals surface area contributed by atoms with E-state index in [0.29, 0.717) is 0 Å². The molecule has 0 N–H and O–H groups in total. The Morgan fingerprint density at radius 2 is 0.750 bits per heavy atom. The zero-order chi connectivity index (χ0) is 12.6. The van der Waals surface area contributed by atoms with Crippen molar-refractivity contribution in [3.05, 3.63) is 70.0 Å². The minimum atomic E-state index is -0.389. The van der Waals surface area contributed by atoms with Gasteiger partial charge in [0.2, 0.25) is 0 Å². The first-order valence-electron chi connectivity index (χ1n) is 5.09. The zero-order valence-electron chi connectivity index (χ0n) is 9.94. The quantitative estimate of drug-likeness (QED) is 0.468. The van der Waals surface area contributed by atoms with Crippen LogP contribution in [-0.4, -0.2) is 14.1 Å². The third kappa shape index (κ3) is 24.7. The Morgan fingerprint density at radius 1 is 0.688 bits per heavy atom. The van der Waals surface area contributed by atoms with Crippen molar-refractivity contribution in [2.45, 2.75) is 11.6 Å². The Labute approximate surface area is 124 Å². The average molecular weight is 285 g/mol. The molecule has 0 nitrogen and oxygen atoms in total. The van der Waals surface area contributed by atoms with Gasteiger partial charge in [0.1, 0.15) is 0 Å². The van der Waals surface area contributed by atoms with Gasteiger partial charge in [-0.25, -0.2) is 0 Å². The van der Waals surface area contributed by atoms with E-state index in [1.54, 1.807) is 0 Å². The molecule has 0 atom stereocenters. The summed E-state index contributed by atoms with van der Waals surface area (Å²) in [6, 6.07) is 0. The van der Waals surface area contributed by atoms with Crippen LogP contribution in [0, 0.1) is 70.0 Å². The van der Waals surface area contributed by atoms with E-state index in [4.69, 9.17) is 0 Å². The fraction of sp³-hybridized carbons (Fsp3) is 0.154. The van der Waals surface area contributed by atoms with Crippen molar-refractivity contribution in [1.82, 2.24) is 0 Å². The van der Waals surface area contributed by atoms with E-state index in [9.17, 15) is 0 Å². The number of halogens is 1. The monoisotopic (exact) mass is 284 g/mol. The van der Waals surface area contributed by atoms with Crippen LogP contribution in [0.2, 0.25) is 11.6 Å². The molecular weight excluding hydrogens is 266 g/mol. The maximum absolute atomic E-state index is 4.64. The van der Waals surface area contributed by atoms with Crippen LogP contribution in [0.5, 0.6) is 0 Å². The van der Waals surface area contributed by atoms with E-state index in [2.05, 4.69) is 26.7 Å². The van der Waals surface area contributed by atoms with Crippen LogP contribution in [0.15, 0.2) is 0 Å². The molecule has 0 aliphatic heterocycles. The van der Waals surface area contributed by atoms with E-state index in [-0.39, 0.29) is 14.1 Å². The van der Waals surface area contributed by atoms with Crippen molar-refractivity contribution in [2.75, 3.05) is 0 Å². The fourth-order valence-corrected chi connectivity index (χ4v) is 0.642. The second-order valence-corrected chi connectivity index (χ2v) is 6.11. The molecular formula is C13H18AlClTi. The summed E-state index contributed by atoms with van der Waals surface area (Å²) in [6.45, 7) is 0. The Hall–Kier alpha value is 1.54. The summed E-state index contributed by atoms with van der Waals surface area (Å²) in [6.07, 6.45) is 20.0. The van der Waals surface area contributed by atoms with Crippen molar-refractivity contribution >= 4 is 23.5 Å². The van der Waals surface area contributed by atoms with Gasteiger partial charge in [-0.15, -0.1) is 11.6 Å². The number of hydrogen-bond donors (Lipinski definition) is 0. The fourth-order valence-electron chi connectivity index (χ4n) is 0.642. The number of rotatable bonds is 0. The normalized spacial score (nSPS) is 16.9. The van der Waals surface area contributed by atoms with Crippen molar-refractivity contribution in [2.24, 2.45) is 0 Å². The topological polar surface area (TPSA) is 0 Å². The van der Waals surface area contributed by atoms with Crippen molar-refractivity contribution in [3.63, 3.8) is 0 Å². The molecule has 0 aromatic carbocycles. The molecule has 0 aromatic rings. The van der Waals surface area contributed by atoms with Crippen LogP contribution in [0.4, 0.5) is 0 Å². The summed E-state index contributed by atoms with van der Waals surface area (Å²) >= 11 is 1.08. The molecule has 0 amide bonds. The Bertz CT molecular complexity index is 74.1. The Morgan fingerprint density at radius 3 is 0.812 bits per heavy atom. The molecule has 0 spiro atoms. The van der Waals surface area contributed by atoms with Crippen molar-refractivity contribution in [3.8, 4) is 0 Å². The first-order chi connectivity index (χ1) is 7.73. The molecule has 2 saturated carbocycles. The number of hydrogen-bond acceptors (Lipinski definition) is 0. The Kier molecular flexibility index (Phi) is 23.5. The predicted molar refractivity (Wildman–Crippen MR) is 71.7 cm³/mol. The average Bonchev–Trinajstić information content (AvgIpc) is 2.99. The zero-order valence-corrected chi connectivity index (χ0v) is 13.4. The molecule has 2 rings (SSSR count). The van der Waals surface area contributed by atoms with Gasteiger partial charge in [0.25, 0.3) is 0 Å². The van der Waals surface area contributed by atoms with E-state index in [0.717, 1.165) is 0 Å². The van der Waals surface area contributed by atoms with Crippen LogP contribution in [0.25, 0.3) is 0 Å². The molecule has 0 aromatic heterocycles. The van der Waals surface area contributed by atoms with Gasteiger partial charge in [-0.2, -0.15) is 0 Å². The van der Waals surface area contributed by atoms with Gasteiger partial charge >= 0.3 is 28.7 Å². The van der Waals surface area contributed by atoms with E-state index >= 15 is 0 Å². The second-order valence-electron chi connectivity index (χ2n) is 3.32. The first kappa shape index (κ1) is 19.9. The molecule has 2 aliphatic rings. The molecule has 10 radical (unpaired) electrons. The molecule has 84 valence electrons. The third-order valence-corrected chi connectivity index (χ3v) is 1.11. The molecule has 3 heteroatoms. The van der Waals surface area contributed by atoms with Gasteiger partial charge in [-0.3, -0.25) is 0 Å². The van der Waals surface area contributed by atoms with Gasteiger partial charge in [0.15, 0.2) is 0 Å². The van der Waals surface area contributed by atoms with Crippen molar-refractivity contribution < 1.29 is 19.4 Å². The van der Waals surface area contributed by atoms with Gasteiger partial charge in [0, 0.05) is 0 Å². The van der Waals surface area contributed by atoms with E-state index in [1.165, 1.54) is 19.4 Å². The molecule has 2 aliphatic carbocycles. The molecule has 2 fully saturated rings. The standard InChI is InChI=1S/2C5H5.2CH3.CH2.Al.ClH.Ti/c2*1-2-4-5-3-1;;;;;;/h2*1-5H;2*1H3;1H2;;1H;/q;;;;-1;;;+2/p-1. The van der Waals surface area contributed by atoms with Gasteiger partial charge < -0.3 is 5.79 Å². The van der Waals surface area contributed by atoms with Gasteiger partial charge in [-0.05, 0) is 64.2 Å². The van der Waals surface area contributed by atoms with E-state index in [1.807, 2.05) is 64.2 Å². The predicted octanol–water partition coefficient (Wildman–Crippen LogP) is 3.84. The SMILES string of the molecule is [CH2-][Al]([CH3])[CH3].[CH]1[CH][CH][CH][CH]1.[CH]1[CH][CH][CH][CH]1.[Cl][Ti+]. The summed E-state index contributed by atoms with van der Waals surface area (Å²) in [5.41, 5.74) is 0. The minimum absolute atomic E-state index is 0.389.